The molecule has 2 aliphatic rings. The maximum atomic E-state index is 11.7. The SMILES string of the molecule is Cc1cc(N2CCC[C@H](COCC3CC3)C2)c2c(N)c(C(N)=O)sc2n1. The van der Waals surface area contributed by atoms with Crippen LogP contribution in [0.4, 0.5) is 11.4 Å². The second-order valence-corrected chi connectivity index (χ2v) is 8.61. The zero-order chi connectivity index (χ0) is 18.3. The number of thiophene rings is 1. The number of nitrogens with zero attached hydrogens (tertiary/aromatic N) is 2. The molecule has 1 aliphatic heterocycles. The van der Waals surface area contributed by atoms with E-state index < -0.39 is 5.91 Å². The van der Waals surface area contributed by atoms with E-state index in [1.807, 2.05) is 6.92 Å². The largest absolute Gasteiger partial charge is 0.397 e. The van der Waals surface area contributed by atoms with E-state index in [-0.39, 0.29) is 0 Å². The molecule has 6 nitrogen and oxygen atoms in total. The van der Waals surface area contributed by atoms with Crippen molar-refractivity contribution in [2.45, 2.75) is 32.6 Å². The minimum absolute atomic E-state index is 0.403. The predicted octanol–water partition coefficient (Wildman–Crippen LogP) is 2.93. The van der Waals surface area contributed by atoms with Crippen molar-refractivity contribution in [3.05, 3.63) is 16.6 Å². The van der Waals surface area contributed by atoms with Gasteiger partial charge in [0.25, 0.3) is 5.91 Å². The Bertz CT molecular complexity index is 831. The molecule has 1 saturated carbocycles. The van der Waals surface area contributed by atoms with Crippen LogP contribution in [0.5, 0.6) is 0 Å². The molecule has 0 radical (unpaired) electrons. The van der Waals surface area contributed by atoms with Crippen molar-refractivity contribution in [1.82, 2.24) is 4.98 Å². The number of anilines is 2. The number of aryl methyl sites for hydroxylation is 1. The molecule has 2 fully saturated rings. The summed E-state index contributed by atoms with van der Waals surface area (Å²) in [4.78, 5) is 19.8. The fourth-order valence-electron chi connectivity index (χ4n) is 3.76. The molecule has 3 heterocycles. The van der Waals surface area contributed by atoms with Crippen molar-refractivity contribution >= 4 is 38.8 Å². The van der Waals surface area contributed by atoms with Gasteiger partial charge in [-0.25, -0.2) is 4.98 Å². The Balaban J connectivity index is 1.59. The van der Waals surface area contributed by atoms with Crippen LogP contribution in [0.1, 0.15) is 41.0 Å². The first-order chi connectivity index (χ1) is 12.5. The first-order valence-corrected chi connectivity index (χ1v) is 10.2. The quantitative estimate of drug-likeness (QED) is 0.811. The summed E-state index contributed by atoms with van der Waals surface area (Å²) in [5.41, 5.74) is 14.2. The van der Waals surface area contributed by atoms with Crippen LogP contribution < -0.4 is 16.4 Å². The van der Waals surface area contributed by atoms with E-state index in [0.717, 1.165) is 60.2 Å². The number of carbonyl (C=O) groups is 1. The second kappa shape index (κ2) is 7.04. The Morgan fingerprint density at radius 3 is 2.85 bits per heavy atom. The summed E-state index contributed by atoms with van der Waals surface area (Å²) in [6.45, 7) is 5.65. The number of primary amides is 1. The third-order valence-corrected chi connectivity index (χ3v) is 6.41. The van der Waals surface area contributed by atoms with Crippen molar-refractivity contribution in [3.63, 3.8) is 0 Å². The van der Waals surface area contributed by atoms with Crippen LogP contribution in [0.15, 0.2) is 6.07 Å². The number of nitrogen functional groups attached to an aromatic ring is 1. The Hall–Kier alpha value is -1.86. The average Bonchev–Trinajstić information content (AvgIpc) is 3.37. The van der Waals surface area contributed by atoms with Gasteiger partial charge in [0, 0.05) is 25.4 Å². The number of piperidine rings is 1. The Morgan fingerprint density at radius 2 is 2.12 bits per heavy atom. The molecule has 0 unspecified atom stereocenters. The zero-order valence-corrected chi connectivity index (χ0v) is 16.0. The van der Waals surface area contributed by atoms with Crippen molar-refractivity contribution in [2.24, 2.45) is 17.6 Å². The number of hydrogen-bond donors (Lipinski definition) is 2. The third kappa shape index (κ3) is 3.50. The lowest BCUT2D eigenvalue weighted by Gasteiger charge is -2.35. The molecular formula is C19H26N4O2S. The van der Waals surface area contributed by atoms with Crippen LogP contribution in [0.3, 0.4) is 0 Å². The van der Waals surface area contributed by atoms with Gasteiger partial charge in [-0.2, -0.15) is 0 Å². The van der Waals surface area contributed by atoms with Crippen LogP contribution in [0.25, 0.3) is 10.2 Å². The third-order valence-electron chi connectivity index (χ3n) is 5.29. The summed E-state index contributed by atoms with van der Waals surface area (Å²) in [7, 11) is 0. The summed E-state index contributed by atoms with van der Waals surface area (Å²) in [5, 5.41) is 0.869. The summed E-state index contributed by atoms with van der Waals surface area (Å²) >= 11 is 1.29. The van der Waals surface area contributed by atoms with E-state index in [0.29, 0.717) is 16.5 Å². The minimum atomic E-state index is -0.487. The highest BCUT2D eigenvalue weighted by Crippen LogP contribution is 2.40. The van der Waals surface area contributed by atoms with E-state index in [1.54, 1.807) is 0 Å². The molecular weight excluding hydrogens is 348 g/mol. The second-order valence-electron chi connectivity index (χ2n) is 7.61. The highest BCUT2D eigenvalue weighted by molar-refractivity contribution is 7.21. The number of amides is 1. The Kier molecular flexibility index (Phi) is 4.75. The van der Waals surface area contributed by atoms with E-state index in [1.165, 1.54) is 30.6 Å². The van der Waals surface area contributed by atoms with Crippen LogP contribution in [-0.2, 0) is 4.74 Å². The molecule has 140 valence electrons. The van der Waals surface area contributed by atoms with Gasteiger partial charge in [-0.1, -0.05) is 0 Å². The number of nitrogens with two attached hydrogens (primary N) is 2. The summed E-state index contributed by atoms with van der Waals surface area (Å²) in [6.07, 6.45) is 4.97. The number of rotatable bonds is 6. The molecule has 0 spiro atoms. The lowest BCUT2D eigenvalue weighted by atomic mass is 9.98. The molecule has 1 aliphatic carbocycles. The van der Waals surface area contributed by atoms with Crippen LogP contribution in [0.2, 0.25) is 0 Å². The average molecular weight is 375 g/mol. The zero-order valence-electron chi connectivity index (χ0n) is 15.2. The van der Waals surface area contributed by atoms with Crippen molar-refractivity contribution in [1.29, 1.82) is 0 Å². The minimum Gasteiger partial charge on any atom is -0.397 e. The molecule has 1 atom stereocenters. The first kappa shape index (κ1) is 17.5. The van der Waals surface area contributed by atoms with E-state index in [2.05, 4.69) is 16.0 Å². The monoisotopic (exact) mass is 374 g/mol. The molecule has 2 aromatic heterocycles. The van der Waals surface area contributed by atoms with Gasteiger partial charge in [0.2, 0.25) is 0 Å². The van der Waals surface area contributed by atoms with Gasteiger partial charge in [0.1, 0.15) is 9.71 Å². The van der Waals surface area contributed by atoms with E-state index >= 15 is 0 Å². The van der Waals surface area contributed by atoms with Crippen molar-refractivity contribution < 1.29 is 9.53 Å². The molecule has 1 saturated heterocycles. The molecule has 0 bridgehead atoms. The molecule has 2 aromatic rings. The molecule has 7 heteroatoms. The number of hydrogen-bond acceptors (Lipinski definition) is 6. The Labute approximate surface area is 157 Å². The van der Waals surface area contributed by atoms with Gasteiger partial charge >= 0.3 is 0 Å². The topological polar surface area (TPSA) is 94.5 Å². The van der Waals surface area contributed by atoms with Gasteiger partial charge in [-0.3, -0.25) is 4.79 Å². The maximum Gasteiger partial charge on any atom is 0.260 e. The van der Waals surface area contributed by atoms with Crippen molar-refractivity contribution in [3.8, 4) is 0 Å². The number of aromatic nitrogens is 1. The predicted molar refractivity (Wildman–Crippen MR) is 106 cm³/mol. The normalized spacial score (nSPS) is 20.7. The summed E-state index contributed by atoms with van der Waals surface area (Å²) in [6, 6.07) is 2.07. The lowest BCUT2D eigenvalue weighted by molar-refractivity contribution is 0.0859. The highest BCUT2D eigenvalue weighted by atomic mass is 32.1. The van der Waals surface area contributed by atoms with Gasteiger partial charge in [-0.15, -0.1) is 11.3 Å². The van der Waals surface area contributed by atoms with Gasteiger partial charge in [0.05, 0.1) is 23.4 Å². The number of ether oxygens (including phenoxy) is 1. The maximum absolute atomic E-state index is 11.7. The van der Waals surface area contributed by atoms with Crippen LogP contribution in [0, 0.1) is 18.8 Å². The van der Waals surface area contributed by atoms with Gasteiger partial charge in [-0.05, 0) is 50.5 Å². The Morgan fingerprint density at radius 1 is 1.35 bits per heavy atom. The smallest absolute Gasteiger partial charge is 0.260 e. The van der Waals surface area contributed by atoms with E-state index in [9.17, 15) is 4.79 Å². The molecule has 1 amide bonds. The van der Waals surface area contributed by atoms with Gasteiger partial charge < -0.3 is 21.1 Å². The number of carbonyl (C=O) groups excluding carboxylic acids is 1. The molecule has 4 rings (SSSR count). The summed E-state index contributed by atoms with van der Waals surface area (Å²) < 4.78 is 5.93. The molecule has 4 N–H and O–H groups in total. The molecule has 26 heavy (non-hydrogen) atoms. The lowest BCUT2D eigenvalue weighted by Crippen LogP contribution is -2.37. The molecule has 0 aromatic carbocycles. The van der Waals surface area contributed by atoms with Crippen molar-refractivity contribution in [2.75, 3.05) is 36.9 Å². The fourth-order valence-corrected chi connectivity index (χ4v) is 4.77. The standard InChI is InChI=1S/C19H26N4O2S/c1-11-7-14(15-16(20)17(18(21)24)26-19(15)22-11)23-6-2-3-13(8-23)10-25-9-12-4-5-12/h7,12-13H,2-6,8-10,20H2,1H3,(H2,21,24)/t13-/m0/s1. The summed E-state index contributed by atoms with van der Waals surface area (Å²) in [5.74, 6) is 0.843. The van der Waals surface area contributed by atoms with Crippen LogP contribution in [-0.4, -0.2) is 37.2 Å². The fraction of sp³-hybridized carbons (Fsp3) is 0.579. The number of fused-ring (bicyclic) bond motifs is 1. The van der Waals surface area contributed by atoms with Gasteiger partial charge in [0.15, 0.2) is 0 Å². The van der Waals surface area contributed by atoms with Crippen LogP contribution >= 0.6 is 11.3 Å². The highest BCUT2D eigenvalue weighted by Gasteiger charge is 2.26. The first-order valence-electron chi connectivity index (χ1n) is 9.35. The number of pyridine rings is 1. The van der Waals surface area contributed by atoms with E-state index in [4.69, 9.17) is 16.2 Å².